The van der Waals surface area contributed by atoms with E-state index in [1.807, 2.05) is 17.5 Å². The van der Waals surface area contributed by atoms with Gasteiger partial charge >= 0.3 is 0 Å². The molecule has 0 saturated carbocycles. The summed E-state index contributed by atoms with van der Waals surface area (Å²) in [5.74, 6) is -0.504. The molecule has 16 heavy (non-hydrogen) atoms. The maximum absolute atomic E-state index is 11.4. The number of hydrogen-bond acceptors (Lipinski definition) is 3. The Balaban J connectivity index is 2.76. The number of primary amides is 1. The molecule has 0 saturated heterocycles. The number of aryl methyl sites for hydroxylation is 1. The van der Waals surface area contributed by atoms with Crippen molar-refractivity contribution < 1.29 is 4.79 Å². The van der Waals surface area contributed by atoms with Gasteiger partial charge in [0.15, 0.2) is 0 Å². The molecule has 0 atom stereocenters. The summed E-state index contributed by atoms with van der Waals surface area (Å²) in [6.07, 6.45) is 1.54. The van der Waals surface area contributed by atoms with E-state index in [1.54, 1.807) is 13.1 Å². The number of nitrogens with two attached hydrogens (primary N) is 1. The molecule has 0 fully saturated rings. The predicted molar refractivity (Wildman–Crippen MR) is 65.8 cm³/mol. The molecular formula is C11H9ClN2OS. The van der Waals surface area contributed by atoms with E-state index in [9.17, 15) is 4.79 Å². The molecule has 1 amide bonds. The average molecular weight is 253 g/mol. The number of carbonyl (C=O) groups is 1. The van der Waals surface area contributed by atoms with Crippen LogP contribution < -0.4 is 5.73 Å². The van der Waals surface area contributed by atoms with Gasteiger partial charge in [0.1, 0.15) is 0 Å². The van der Waals surface area contributed by atoms with Gasteiger partial charge in [-0.3, -0.25) is 9.78 Å². The minimum Gasteiger partial charge on any atom is -0.366 e. The molecule has 0 aliphatic rings. The second kappa shape index (κ2) is 4.23. The number of amides is 1. The quantitative estimate of drug-likeness (QED) is 0.894. The molecule has 0 aliphatic carbocycles. The third-order valence-electron chi connectivity index (χ3n) is 2.24. The zero-order valence-electron chi connectivity index (χ0n) is 8.53. The second-order valence-corrected chi connectivity index (χ2v) is 4.64. The van der Waals surface area contributed by atoms with Crippen molar-refractivity contribution in [3.63, 3.8) is 0 Å². The summed E-state index contributed by atoms with van der Waals surface area (Å²) in [7, 11) is 0. The van der Waals surface area contributed by atoms with Crippen molar-refractivity contribution in [2.75, 3.05) is 0 Å². The lowest BCUT2D eigenvalue weighted by Crippen LogP contribution is -2.15. The highest BCUT2D eigenvalue weighted by Gasteiger charge is 2.18. The molecular weight excluding hydrogens is 244 g/mol. The Morgan fingerprint density at radius 3 is 2.88 bits per heavy atom. The lowest BCUT2D eigenvalue weighted by atomic mass is 10.1. The molecule has 0 unspecified atom stereocenters. The zero-order chi connectivity index (χ0) is 11.7. The van der Waals surface area contributed by atoms with Crippen LogP contribution >= 0.6 is 22.9 Å². The van der Waals surface area contributed by atoms with Gasteiger partial charge in [-0.1, -0.05) is 17.7 Å². The first-order chi connectivity index (χ1) is 7.61. The van der Waals surface area contributed by atoms with Gasteiger partial charge in [-0.25, -0.2) is 0 Å². The molecule has 2 aromatic heterocycles. The lowest BCUT2D eigenvalue weighted by Gasteiger charge is -2.09. The molecule has 0 bridgehead atoms. The first-order valence-electron chi connectivity index (χ1n) is 4.60. The molecule has 0 spiro atoms. The van der Waals surface area contributed by atoms with Crippen molar-refractivity contribution in [2.45, 2.75) is 6.92 Å². The smallest absolute Gasteiger partial charge is 0.251 e. The SMILES string of the molecule is Cc1ncc(Cl)c(-c2cccs2)c1C(N)=O. The summed E-state index contributed by atoms with van der Waals surface area (Å²) >= 11 is 7.58. The van der Waals surface area contributed by atoms with Crippen molar-refractivity contribution in [1.82, 2.24) is 4.98 Å². The fourth-order valence-electron chi connectivity index (χ4n) is 1.55. The number of pyridine rings is 1. The van der Waals surface area contributed by atoms with Crippen molar-refractivity contribution >= 4 is 28.8 Å². The number of aromatic nitrogens is 1. The Labute approximate surface area is 102 Å². The van der Waals surface area contributed by atoms with E-state index in [2.05, 4.69) is 4.98 Å². The monoisotopic (exact) mass is 252 g/mol. The number of carbonyl (C=O) groups excluding carboxylic acids is 1. The fraction of sp³-hybridized carbons (Fsp3) is 0.0909. The topological polar surface area (TPSA) is 56.0 Å². The van der Waals surface area contributed by atoms with Crippen LogP contribution in [0.5, 0.6) is 0 Å². The zero-order valence-corrected chi connectivity index (χ0v) is 10.1. The maximum atomic E-state index is 11.4. The summed E-state index contributed by atoms with van der Waals surface area (Å²) < 4.78 is 0. The molecule has 2 aromatic rings. The molecule has 2 heterocycles. The largest absolute Gasteiger partial charge is 0.366 e. The molecule has 2 rings (SSSR count). The van der Waals surface area contributed by atoms with E-state index in [-0.39, 0.29) is 0 Å². The highest BCUT2D eigenvalue weighted by Crippen LogP contribution is 2.34. The minimum absolute atomic E-state index is 0.398. The van der Waals surface area contributed by atoms with Crippen molar-refractivity contribution in [3.05, 3.63) is 40.0 Å². The first-order valence-corrected chi connectivity index (χ1v) is 5.86. The van der Waals surface area contributed by atoms with Gasteiger partial charge in [0.2, 0.25) is 0 Å². The third-order valence-corrected chi connectivity index (χ3v) is 3.41. The third kappa shape index (κ3) is 1.81. The van der Waals surface area contributed by atoms with E-state index in [1.165, 1.54) is 11.3 Å². The van der Waals surface area contributed by atoms with Gasteiger partial charge in [-0.2, -0.15) is 0 Å². The standard InChI is InChI=1S/C11H9ClN2OS/c1-6-9(11(13)15)10(7(12)5-14-6)8-3-2-4-16-8/h2-5H,1H3,(H2,13,15). The highest BCUT2D eigenvalue weighted by atomic mass is 35.5. The number of thiophene rings is 1. The number of hydrogen-bond donors (Lipinski definition) is 1. The van der Waals surface area contributed by atoms with Crippen LogP contribution in [0.2, 0.25) is 5.02 Å². The van der Waals surface area contributed by atoms with Crippen LogP contribution in [0.15, 0.2) is 23.7 Å². The minimum atomic E-state index is -0.504. The maximum Gasteiger partial charge on any atom is 0.251 e. The van der Waals surface area contributed by atoms with Crippen LogP contribution in [-0.4, -0.2) is 10.9 Å². The summed E-state index contributed by atoms with van der Waals surface area (Å²) in [4.78, 5) is 16.4. The summed E-state index contributed by atoms with van der Waals surface area (Å²) in [6.45, 7) is 1.74. The van der Waals surface area contributed by atoms with E-state index >= 15 is 0 Å². The van der Waals surface area contributed by atoms with Gasteiger partial charge < -0.3 is 5.73 Å². The molecule has 2 N–H and O–H groups in total. The van der Waals surface area contributed by atoms with Crippen LogP contribution in [0, 0.1) is 6.92 Å². The Morgan fingerprint density at radius 1 is 1.56 bits per heavy atom. The molecule has 0 aromatic carbocycles. The van der Waals surface area contributed by atoms with Crippen molar-refractivity contribution in [2.24, 2.45) is 5.73 Å². The van der Waals surface area contributed by atoms with E-state index in [4.69, 9.17) is 17.3 Å². The summed E-state index contributed by atoms with van der Waals surface area (Å²) in [5, 5.41) is 2.37. The molecule has 3 nitrogen and oxygen atoms in total. The normalized spacial score (nSPS) is 10.4. The Hall–Kier alpha value is -1.39. The van der Waals surface area contributed by atoms with Crippen molar-refractivity contribution in [3.8, 4) is 10.4 Å². The molecule has 5 heteroatoms. The molecule has 0 aliphatic heterocycles. The molecule has 0 radical (unpaired) electrons. The van der Waals surface area contributed by atoms with Crippen LogP contribution in [-0.2, 0) is 0 Å². The second-order valence-electron chi connectivity index (χ2n) is 3.28. The van der Waals surface area contributed by atoms with E-state index in [0.29, 0.717) is 21.8 Å². The van der Waals surface area contributed by atoms with Gasteiger partial charge in [-0.05, 0) is 18.4 Å². The molecule has 82 valence electrons. The Bertz CT molecular complexity index is 537. The average Bonchev–Trinajstić information content (AvgIpc) is 2.73. The van der Waals surface area contributed by atoms with E-state index in [0.717, 1.165) is 4.88 Å². The van der Waals surface area contributed by atoms with Crippen LogP contribution in [0.3, 0.4) is 0 Å². The van der Waals surface area contributed by atoms with Gasteiger partial charge in [0, 0.05) is 16.6 Å². The fourth-order valence-corrected chi connectivity index (χ4v) is 2.64. The Kier molecular flexibility index (Phi) is 2.94. The van der Waals surface area contributed by atoms with Crippen LogP contribution in [0.1, 0.15) is 16.1 Å². The lowest BCUT2D eigenvalue weighted by molar-refractivity contribution is 0.1000. The van der Waals surface area contributed by atoms with E-state index < -0.39 is 5.91 Å². The summed E-state index contributed by atoms with van der Waals surface area (Å²) in [5.41, 5.74) is 7.03. The summed E-state index contributed by atoms with van der Waals surface area (Å²) in [6, 6.07) is 3.80. The number of halogens is 1. The number of rotatable bonds is 2. The van der Waals surface area contributed by atoms with Crippen molar-refractivity contribution in [1.29, 1.82) is 0 Å². The Morgan fingerprint density at radius 2 is 2.31 bits per heavy atom. The van der Waals surface area contributed by atoms with Crippen LogP contribution in [0.4, 0.5) is 0 Å². The number of nitrogens with zero attached hydrogens (tertiary/aromatic N) is 1. The predicted octanol–water partition coefficient (Wildman–Crippen LogP) is 2.87. The first kappa shape index (κ1) is 11.1. The van der Waals surface area contributed by atoms with Gasteiger partial charge in [0.05, 0.1) is 16.3 Å². The van der Waals surface area contributed by atoms with Gasteiger partial charge in [-0.15, -0.1) is 11.3 Å². The van der Waals surface area contributed by atoms with Gasteiger partial charge in [0.25, 0.3) is 5.91 Å². The van der Waals surface area contributed by atoms with Crippen LogP contribution in [0.25, 0.3) is 10.4 Å². The highest BCUT2D eigenvalue weighted by molar-refractivity contribution is 7.13.